The van der Waals surface area contributed by atoms with Crippen LogP contribution >= 0.6 is 0 Å². The maximum Gasteiger partial charge on any atom is 0.242 e. The second kappa shape index (κ2) is 15.0. The molecule has 2 atom stereocenters. The van der Waals surface area contributed by atoms with Crippen molar-refractivity contribution in [3.05, 3.63) is 126 Å². The summed E-state index contributed by atoms with van der Waals surface area (Å²) in [6.07, 6.45) is 3.78. The first-order valence-electron chi connectivity index (χ1n) is 16.0. The first-order valence-corrected chi connectivity index (χ1v) is 16.0. The molecule has 6 rings (SSSR count). The van der Waals surface area contributed by atoms with Gasteiger partial charge < -0.3 is 23.5 Å². The number of fused-ring (bicyclic) bond motifs is 1. The smallest absolute Gasteiger partial charge is 0.242 e. The van der Waals surface area contributed by atoms with Crippen molar-refractivity contribution in [2.45, 2.75) is 65.6 Å². The number of nitrogens with zero attached hydrogens (tertiary/aromatic N) is 4. The van der Waals surface area contributed by atoms with E-state index in [-0.39, 0.29) is 12.0 Å². The topological polar surface area (TPSA) is 70.9 Å². The molecule has 240 valence electrons. The molecule has 1 saturated heterocycles. The van der Waals surface area contributed by atoms with Gasteiger partial charge in [-0.2, -0.15) is 4.98 Å². The Labute approximate surface area is 271 Å². The molecular formula is C38H44N4O4. The molecule has 8 heteroatoms. The highest BCUT2D eigenvalue weighted by Gasteiger charge is 2.34. The summed E-state index contributed by atoms with van der Waals surface area (Å²) in [4.78, 5) is 11.7. The fourth-order valence-electron chi connectivity index (χ4n) is 5.91. The number of hydrogen-bond acceptors (Lipinski definition) is 7. The van der Waals surface area contributed by atoms with E-state index >= 15 is 0 Å². The molecule has 0 radical (unpaired) electrons. The maximum absolute atomic E-state index is 6.54. The first-order chi connectivity index (χ1) is 22.4. The number of aromatic nitrogens is 3. The van der Waals surface area contributed by atoms with Crippen LogP contribution in [0.25, 0.3) is 11.0 Å². The quantitative estimate of drug-likeness (QED) is 0.132. The van der Waals surface area contributed by atoms with Crippen molar-refractivity contribution in [1.29, 1.82) is 0 Å². The van der Waals surface area contributed by atoms with Crippen LogP contribution in [0.5, 0.6) is 5.88 Å². The molecule has 1 aliphatic rings. The summed E-state index contributed by atoms with van der Waals surface area (Å²) < 4.78 is 27.3. The molecule has 0 saturated carbocycles. The lowest BCUT2D eigenvalue weighted by Gasteiger charge is -2.21. The Bertz CT molecular complexity index is 1650. The molecule has 1 fully saturated rings. The highest BCUT2D eigenvalue weighted by Crippen LogP contribution is 2.31. The average molecular weight is 621 g/mol. The zero-order chi connectivity index (χ0) is 31.8. The third-order valence-corrected chi connectivity index (χ3v) is 8.04. The van der Waals surface area contributed by atoms with Crippen LogP contribution < -0.4 is 4.74 Å². The number of hydrogen-bond donors (Lipinski definition) is 0. The molecule has 0 unspecified atom stereocenters. The third-order valence-electron chi connectivity index (χ3n) is 8.04. The maximum atomic E-state index is 6.54. The second-order valence-corrected chi connectivity index (χ2v) is 13.0. The number of likely N-dealkylation sites (tertiary alicyclic amines) is 1. The summed E-state index contributed by atoms with van der Waals surface area (Å²) in [5, 5.41) is 0. The SMILES string of the molecule is CC(C)(C)Oc1ncnc2c(CN3C[C@H](COCc4ccccc4)[C@H](OCc4ccccc4)C3)cn(COCc3ccccc3)c12. The molecule has 46 heavy (non-hydrogen) atoms. The molecule has 5 aromatic rings. The Morgan fingerprint density at radius 3 is 1.98 bits per heavy atom. The van der Waals surface area contributed by atoms with Gasteiger partial charge in [0, 0.05) is 37.3 Å². The van der Waals surface area contributed by atoms with Crippen LogP contribution in [0.2, 0.25) is 0 Å². The van der Waals surface area contributed by atoms with Crippen molar-refractivity contribution in [3.63, 3.8) is 0 Å². The number of rotatable bonds is 14. The Hall–Kier alpha value is -4.08. The third kappa shape index (κ3) is 8.59. The predicted molar refractivity (Wildman–Crippen MR) is 179 cm³/mol. The molecule has 0 aliphatic carbocycles. The van der Waals surface area contributed by atoms with E-state index in [4.69, 9.17) is 23.9 Å². The summed E-state index contributed by atoms with van der Waals surface area (Å²) in [6.45, 7) is 11.1. The Balaban J connectivity index is 1.20. The molecule has 2 aromatic heterocycles. The first kappa shape index (κ1) is 31.9. The number of ether oxygens (including phenoxy) is 4. The lowest BCUT2D eigenvalue weighted by atomic mass is 10.1. The van der Waals surface area contributed by atoms with Gasteiger partial charge in [-0.05, 0) is 37.5 Å². The zero-order valence-corrected chi connectivity index (χ0v) is 27.0. The van der Waals surface area contributed by atoms with Gasteiger partial charge in [-0.15, -0.1) is 0 Å². The highest BCUT2D eigenvalue weighted by atomic mass is 16.5. The van der Waals surface area contributed by atoms with E-state index in [1.165, 1.54) is 11.1 Å². The monoisotopic (exact) mass is 620 g/mol. The normalized spacial score (nSPS) is 17.1. The fraction of sp³-hybridized carbons (Fsp3) is 0.368. The molecule has 0 bridgehead atoms. The van der Waals surface area contributed by atoms with Crippen LogP contribution in [0.3, 0.4) is 0 Å². The van der Waals surface area contributed by atoms with Gasteiger partial charge in [0.2, 0.25) is 5.88 Å². The fourth-order valence-corrected chi connectivity index (χ4v) is 5.91. The summed E-state index contributed by atoms with van der Waals surface area (Å²) in [7, 11) is 0. The van der Waals surface area contributed by atoms with Crippen molar-refractivity contribution in [1.82, 2.24) is 19.4 Å². The molecule has 0 amide bonds. The summed E-state index contributed by atoms with van der Waals surface area (Å²) in [5.41, 5.74) is 5.89. The van der Waals surface area contributed by atoms with Gasteiger partial charge in [-0.3, -0.25) is 4.90 Å². The Kier molecular flexibility index (Phi) is 10.4. The van der Waals surface area contributed by atoms with Gasteiger partial charge in [0.15, 0.2) is 0 Å². The van der Waals surface area contributed by atoms with Gasteiger partial charge in [0.05, 0.1) is 32.5 Å². The van der Waals surface area contributed by atoms with Crippen LogP contribution in [-0.4, -0.2) is 50.8 Å². The largest absolute Gasteiger partial charge is 0.470 e. The predicted octanol–water partition coefficient (Wildman–Crippen LogP) is 7.02. The molecule has 3 aromatic carbocycles. The van der Waals surface area contributed by atoms with Crippen LogP contribution in [0.4, 0.5) is 0 Å². The lowest BCUT2D eigenvalue weighted by molar-refractivity contribution is -0.0107. The van der Waals surface area contributed by atoms with E-state index < -0.39 is 5.60 Å². The van der Waals surface area contributed by atoms with Crippen LogP contribution in [0.15, 0.2) is 104 Å². The van der Waals surface area contributed by atoms with E-state index in [9.17, 15) is 0 Å². The Morgan fingerprint density at radius 2 is 1.35 bits per heavy atom. The highest BCUT2D eigenvalue weighted by molar-refractivity contribution is 5.84. The lowest BCUT2D eigenvalue weighted by Crippen LogP contribution is -2.26. The van der Waals surface area contributed by atoms with Crippen molar-refractivity contribution in [2.75, 3.05) is 19.7 Å². The van der Waals surface area contributed by atoms with Crippen molar-refractivity contribution in [2.24, 2.45) is 5.92 Å². The molecule has 0 N–H and O–H groups in total. The van der Waals surface area contributed by atoms with Crippen LogP contribution in [0.1, 0.15) is 43.0 Å². The van der Waals surface area contributed by atoms with Crippen molar-refractivity contribution < 1.29 is 18.9 Å². The second-order valence-electron chi connectivity index (χ2n) is 13.0. The zero-order valence-electron chi connectivity index (χ0n) is 27.0. The van der Waals surface area contributed by atoms with E-state index in [1.807, 2.05) is 63.2 Å². The van der Waals surface area contributed by atoms with Crippen molar-refractivity contribution in [3.8, 4) is 5.88 Å². The van der Waals surface area contributed by atoms with Gasteiger partial charge in [-0.25, -0.2) is 4.98 Å². The van der Waals surface area contributed by atoms with E-state index in [2.05, 4.69) is 69.2 Å². The average Bonchev–Trinajstić information content (AvgIpc) is 3.61. The molecule has 0 spiro atoms. The molecule has 8 nitrogen and oxygen atoms in total. The Morgan fingerprint density at radius 1 is 0.739 bits per heavy atom. The molecule has 3 heterocycles. The van der Waals surface area contributed by atoms with E-state index in [1.54, 1.807) is 6.33 Å². The van der Waals surface area contributed by atoms with Gasteiger partial charge in [-0.1, -0.05) is 91.0 Å². The molecule has 1 aliphatic heterocycles. The summed E-state index contributed by atoms with van der Waals surface area (Å²) >= 11 is 0. The minimum atomic E-state index is -0.410. The minimum absolute atomic E-state index is 0.0490. The standard InChI is InChI=1S/C38H44N4O4/c1-38(2,3)46-37-36-35(39-27-40-37)32(21-42(36)28-44-24-30-15-9-5-10-16-30)19-41-20-33(26-43-23-29-13-7-4-8-14-29)34(22-41)45-25-31-17-11-6-12-18-31/h4-18,21,27,33-34H,19-20,22-26,28H2,1-3H3/t33-,34-/m1/s1. The van der Waals surface area contributed by atoms with Gasteiger partial charge >= 0.3 is 0 Å². The number of benzene rings is 3. The van der Waals surface area contributed by atoms with Gasteiger partial charge in [0.25, 0.3) is 0 Å². The van der Waals surface area contributed by atoms with Crippen LogP contribution in [-0.2, 0) is 47.3 Å². The van der Waals surface area contributed by atoms with Crippen LogP contribution in [0, 0.1) is 5.92 Å². The summed E-state index contributed by atoms with van der Waals surface area (Å²) in [5.74, 6) is 0.800. The van der Waals surface area contributed by atoms with E-state index in [0.29, 0.717) is 45.6 Å². The van der Waals surface area contributed by atoms with Crippen molar-refractivity contribution >= 4 is 11.0 Å². The summed E-state index contributed by atoms with van der Waals surface area (Å²) in [6, 6.07) is 30.9. The minimum Gasteiger partial charge on any atom is -0.470 e. The van der Waals surface area contributed by atoms with Gasteiger partial charge in [0.1, 0.15) is 29.7 Å². The molecular weight excluding hydrogens is 576 g/mol. The van der Waals surface area contributed by atoms with E-state index in [0.717, 1.165) is 35.2 Å².